The van der Waals surface area contributed by atoms with Crippen LogP contribution in [0, 0.1) is 0 Å². The first-order chi connectivity index (χ1) is 7.51. The second-order valence-electron chi connectivity index (χ2n) is 2.76. The van der Waals surface area contributed by atoms with Crippen LogP contribution < -0.4 is 26.8 Å². The molecule has 1 rings (SSSR count). The summed E-state index contributed by atoms with van der Waals surface area (Å²) in [6.45, 7) is 0. The lowest BCUT2D eigenvalue weighted by Crippen LogP contribution is -2.22. The number of aromatic nitrogens is 1. The molecule has 8 nitrogen and oxygen atoms in total. The first-order valence-corrected chi connectivity index (χ1v) is 4.20. The fraction of sp³-hybridized carbons (Fsp3) is 0.125. The summed E-state index contributed by atoms with van der Waals surface area (Å²) in [6.07, 6.45) is 0. The fourth-order valence-electron chi connectivity index (χ4n) is 1.00. The number of ether oxygens (including phenoxy) is 1. The molecule has 6 N–H and O–H groups in total. The van der Waals surface area contributed by atoms with Crippen LogP contribution in [0.1, 0.15) is 0 Å². The van der Waals surface area contributed by atoms with Gasteiger partial charge in [0.2, 0.25) is 0 Å². The second-order valence-corrected chi connectivity index (χ2v) is 2.76. The molecule has 4 amide bonds. The van der Waals surface area contributed by atoms with Gasteiger partial charge in [0, 0.05) is 12.1 Å². The van der Waals surface area contributed by atoms with Crippen LogP contribution in [-0.4, -0.2) is 24.2 Å². The molecule has 1 aromatic rings. The normalized spacial score (nSPS) is 9.31. The topological polar surface area (TPSA) is 132 Å². The Kier molecular flexibility index (Phi) is 3.49. The third kappa shape index (κ3) is 3.33. The van der Waals surface area contributed by atoms with Crippen LogP contribution in [0.5, 0.6) is 5.75 Å². The molecular weight excluding hydrogens is 214 g/mol. The minimum Gasteiger partial charge on any atom is -0.496 e. The van der Waals surface area contributed by atoms with Crippen molar-refractivity contribution >= 4 is 23.7 Å². The largest absolute Gasteiger partial charge is 0.496 e. The first-order valence-electron chi connectivity index (χ1n) is 4.20. The van der Waals surface area contributed by atoms with Gasteiger partial charge >= 0.3 is 12.1 Å². The standard InChI is InChI=1S/C8H11N5O3/c1-16-4-2-5(12-7(9)14)11-6(3-4)13-8(10)15/h2-3H,1H3,(H6,9,10,11,12,13,14,15). The van der Waals surface area contributed by atoms with Crippen LogP contribution in [-0.2, 0) is 0 Å². The van der Waals surface area contributed by atoms with E-state index in [2.05, 4.69) is 15.6 Å². The molecule has 8 heteroatoms. The lowest BCUT2D eigenvalue weighted by Gasteiger charge is -2.07. The molecule has 0 radical (unpaired) electrons. The number of anilines is 2. The maximum atomic E-state index is 10.6. The van der Waals surface area contributed by atoms with Gasteiger partial charge in [-0.1, -0.05) is 0 Å². The van der Waals surface area contributed by atoms with Crippen molar-refractivity contribution < 1.29 is 14.3 Å². The number of nitrogens with one attached hydrogen (secondary N) is 2. The molecule has 0 aliphatic rings. The van der Waals surface area contributed by atoms with Gasteiger partial charge < -0.3 is 16.2 Å². The number of rotatable bonds is 3. The maximum Gasteiger partial charge on any atom is 0.317 e. The van der Waals surface area contributed by atoms with Crippen molar-refractivity contribution in [2.75, 3.05) is 17.7 Å². The number of nitrogens with zero attached hydrogens (tertiary/aromatic N) is 1. The highest BCUT2D eigenvalue weighted by Gasteiger charge is 2.06. The lowest BCUT2D eigenvalue weighted by molar-refractivity contribution is 0.258. The van der Waals surface area contributed by atoms with Crippen LogP contribution in [0.4, 0.5) is 21.2 Å². The van der Waals surface area contributed by atoms with Crippen LogP contribution in [0.25, 0.3) is 0 Å². The van der Waals surface area contributed by atoms with Gasteiger partial charge in [0.25, 0.3) is 0 Å². The molecule has 16 heavy (non-hydrogen) atoms. The van der Waals surface area contributed by atoms with Gasteiger partial charge in [0.1, 0.15) is 17.4 Å². The molecule has 0 atom stereocenters. The summed E-state index contributed by atoms with van der Waals surface area (Å²) in [5, 5.41) is 4.50. The SMILES string of the molecule is COc1cc(NC(N)=O)nc(NC(N)=O)c1. The number of pyridine rings is 1. The molecule has 0 aliphatic heterocycles. The van der Waals surface area contributed by atoms with Gasteiger partial charge in [-0.15, -0.1) is 0 Å². The van der Waals surface area contributed by atoms with Gasteiger partial charge in [-0.25, -0.2) is 14.6 Å². The molecule has 1 aromatic heterocycles. The van der Waals surface area contributed by atoms with Crippen LogP contribution >= 0.6 is 0 Å². The first kappa shape index (κ1) is 11.6. The van der Waals surface area contributed by atoms with E-state index >= 15 is 0 Å². The number of nitrogens with two attached hydrogens (primary N) is 2. The van der Waals surface area contributed by atoms with Crippen LogP contribution in [0.3, 0.4) is 0 Å². The van der Waals surface area contributed by atoms with Crippen molar-refractivity contribution in [2.24, 2.45) is 11.5 Å². The average molecular weight is 225 g/mol. The Hall–Kier alpha value is -2.51. The zero-order chi connectivity index (χ0) is 12.1. The van der Waals surface area contributed by atoms with Crippen molar-refractivity contribution in [3.05, 3.63) is 12.1 Å². The van der Waals surface area contributed by atoms with E-state index in [9.17, 15) is 9.59 Å². The Labute approximate surface area is 91.0 Å². The van der Waals surface area contributed by atoms with Crippen molar-refractivity contribution in [1.82, 2.24) is 4.98 Å². The third-order valence-corrected chi connectivity index (χ3v) is 1.54. The average Bonchev–Trinajstić information content (AvgIpc) is 2.14. The number of hydrogen-bond acceptors (Lipinski definition) is 4. The number of carbonyl (C=O) groups is 2. The van der Waals surface area contributed by atoms with E-state index < -0.39 is 12.1 Å². The van der Waals surface area contributed by atoms with E-state index in [4.69, 9.17) is 16.2 Å². The second kappa shape index (κ2) is 4.82. The highest BCUT2D eigenvalue weighted by molar-refractivity contribution is 5.89. The Bertz CT molecular complexity index is 386. The zero-order valence-electron chi connectivity index (χ0n) is 8.48. The Morgan fingerprint density at radius 3 is 1.94 bits per heavy atom. The van der Waals surface area contributed by atoms with Crippen LogP contribution in [0.15, 0.2) is 12.1 Å². The van der Waals surface area contributed by atoms with Gasteiger partial charge in [0.15, 0.2) is 0 Å². The highest BCUT2D eigenvalue weighted by Crippen LogP contribution is 2.20. The summed E-state index contributed by atoms with van der Waals surface area (Å²) >= 11 is 0. The van der Waals surface area contributed by atoms with Gasteiger partial charge in [-0.3, -0.25) is 10.6 Å². The molecule has 0 aromatic carbocycles. The molecule has 0 saturated heterocycles. The van der Waals surface area contributed by atoms with Crippen molar-refractivity contribution in [1.29, 1.82) is 0 Å². The van der Waals surface area contributed by atoms with Gasteiger partial charge in [0.05, 0.1) is 7.11 Å². The highest BCUT2D eigenvalue weighted by atomic mass is 16.5. The zero-order valence-corrected chi connectivity index (χ0v) is 8.48. The third-order valence-electron chi connectivity index (χ3n) is 1.54. The molecule has 1 heterocycles. The van der Waals surface area contributed by atoms with E-state index in [0.717, 1.165) is 0 Å². The predicted molar refractivity (Wildman–Crippen MR) is 57.2 cm³/mol. The summed E-state index contributed by atoms with van der Waals surface area (Å²) < 4.78 is 4.93. The monoisotopic (exact) mass is 225 g/mol. The molecule has 0 saturated carbocycles. The van der Waals surface area contributed by atoms with Crippen LogP contribution in [0.2, 0.25) is 0 Å². The lowest BCUT2D eigenvalue weighted by atomic mass is 10.4. The molecule has 0 unspecified atom stereocenters. The number of amides is 4. The fourth-order valence-corrected chi connectivity index (χ4v) is 1.00. The summed E-state index contributed by atoms with van der Waals surface area (Å²) in [5.74, 6) is 0.689. The van der Waals surface area contributed by atoms with E-state index in [0.29, 0.717) is 5.75 Å². The van der Waals surface area contributed by atoms with E-state index in [1.165, 1.54) is 19.2 Å². The number of urea groups is 2. The van der Waals surface area contributed by atoms with Crippen molar-refractivity contribution in [3.63, 3.8) is 0 Å². The summed E-state index contributed by atoms with van der Waals surface area (Å²) in [6, 6.07) is 1.34. The smallest absolute Gasteiger partial charge is 0.317 e. The van der Waals surface area contributed by atoms with Crippen molar-refractivity contribution in [3.8, 4) is 5.75 Å². The van der Waals surface area contributed by atoms with E-state index in [-0.39, 0.29) is 11.6 Å². The summed E-state index contributed by atoms with van der Waals surface area (Å²) in [7, 11) is 1.43. The molecule has 0 aliphatic carbocycles. The number of methoxy groups -OCH3 is 1. The quantitative estimate of drug-likeness (QED) is 0.579. The minimum absolute atomic E-state index is 0.149. The predicted octanol–water partition coefficient (Wildman–Crippen LogP) is 0.0714. The Morgan fingerprint density at radius 1 is 1.19 bits per heavy atom. The summed E-state index contributed by atoms with van der Waals surface area (Å²) in [5.41, 5.74) is 9.85. The van der Waals surface area contributed by atoms with Gasteiger partial charge in [-0.2, -0.15) is 0 Å². The molecule has 0 fully saturated rings. The van der Waals surface area contributed by atoms with E-state index in [1.807, 2.05) is 0 Å². The maximum absolute atomic E-state index is 10.6. The summed E-state index contributed by atoms with van der Waals surface area (Å²) in [4.78, 5) is 25.1. The molecular formula is C8H11N5O3. The van der Waals surface area contributed by atoms with E-state index in [1.54, 1.807) is 0 Å². The Balaban J connectivity index is 3.00. The molecule has 86 valence electrons. The van der Waals surface area contributed by atoms with Gasteiger partial charge in [-0.05, 0) is 0 Å². The Morgan fingerprint density at radius 2 is 1.62 bits per heavy atom. The number of primary amides is 2. The van der Waals surface area contributed by atoms with Crippen molar-refractivity contribution in [2.45, 2.75) is 0 Å². The number of hydrogen-bond donors (Lipinski definition) is 4. The minimum atomic E-state index is -0.772. The number of carbonyl (C=O) groups excluding carboxylic acids is 2. The molecule has 0 bridgehead atoms. The molecule has 0 spiro atoms.